The molecule has 3 aliphatic rings. The Labute approximate surface area is 253 Å². The molecule has 2 saturated carbocycles. The van der Waals surface area contributed by atoms with Crippen molar-refractivity contribution in [2.45, 2.75) is 82.2 Å². The smallest absolute Gasteiger partial charge is 0.274 e. The third-order valence-corrected chi connectivity index (χ3v) is 10.2. The van der Waals surface area contributed by atoms with E-state index in [2.05, 4.69) is 6.07 Å². The number of aromatic nitrogens is 1. The highest BCUT2D eigenvalue weighted by Gasteiger charge is 2.42. The molecule has 2 aromatic carbocycles. The lowest BCUT2D eigenvalue weighted by atomic mass is 9.81. The van der Waals surface area contributed by atoms with E-state index in [0.29, 0.717) is 0 Å². The quantitative estimate of drug-likeness (QED) is 0.441. The maximum atomic E-state index is 15.5. The molecule has 1 amide bonds. The number of allylic oxidation sites excluding steroid dienone is 1. The zero-order valence-corrected chi connectivity index (χ0v) is 24.7. The Morgan fingerprint density at radius 1 is 0.930 bits per heavy atom. The lowest BCUT2D eigenvalue weighted by molar-refractivity contribution is -0.131. The second kappa shape index (κ2) is 12.3. The molecular formula is C34H34F2N4O2S. The molecule has 0 spiro atoms. The van der Waals surface area contributed by atoms with Gasteiger partial charge in [0.25, 0.3) is 11.5 Å². The number of nitrogens with two attached hydrogens (primary N) is 1. The van der Waals surface area contributed by atoms with Crippen molar-refractivity contribution in [2.24, 2.45) is 5.73 Å². The van der Waals surface area contributed by atoms with Crippen LogP contribution in [0.25, 0.3) is 17.5 Å². The van der Waals surface area contributed by atoms with Crippen LogP contribution in [0.2, 0.25) is 0 Å². The number of carbonyl (C=O) groups excluding carboxylic acids is 1. The molecule has 0 bridgehead atoms. The van der Waals surface area contributed by atoms with Crippen molar-refractivity contribution in [2.75, 3.05) is 0 Å². The van der Waals surface area contributed by atoms with Gasteiger partial charge in [-0.15, -0.1) is 11.3 Å². The minimum atomic E-state index is -1.09. The van der Waals surface area contributed by atoms with Gasteiger partial charge in [-0.25, -0.2) is 8.78 Å². The monoisotopic (exact) mass is 600 g/mol. The zero-order chi connectivity index (χ0) is 30.1. The lowest BCUT2D eigenvalue weighted by Gasteiger charge is -2.43. The minimum absolute atomic E-state index is 0.0245. The number of carbonyl (C=O) groups is 1. The van der Waals surface area contributed by atoms with E-state index in [1.54, 1.807) is 36.4 Å². The van der Waals surface area contributed by atoms with Gasteiger partial charge in [0.05, 0.1) is 27.7 Å². The molecule has 0 radical (unpaired) electrons. The molecule has 3 aromatic rings. The van der Waals surface area contributed by atoms with Crippen LogP contribution in [0.4, 0.5) is 8.78 Å². The molecule has 1 unspecified atom stereocenters. The van der Waals surface area contributed by atoms with E-state index in [1.165, 1.54) is 22.8 Å². The van der Waals surface area contributed by atoms with E-state index in [-0.39, 0.29) is 55.3 Å². The number of rotatable bonds is 5. The Bertz CT molecular complexity index is 1790. The molecule has 2 N–H and O–H groups in total. The molecule has 0 saturated heterocycles. The second-order valence-corrected chi connectivity index (χ2v) is 12.7. The summed E-state index contributed by atoms with van der Waals surface area (Å²) in [6.07, 6.45) is 11.3. The van der Waals surface area contributed by atoms with Crippen LogP contribution >= 0.6 is 11.3 Å². The Morgan fingerprint density at radius 2 is 1.51 bits per heavy atom. The summed E-state index contributed by atoms with van der Waals surface area (Å²) in [5.74, 6) is -2.57. The van der Waals surface area contributed by atoms with Gasteiger partial charge in [0.2, 0.25) is 0 Å². The molecule has 2 heterocycles. The number of nitriles is 1. The molecular weight excluding hydrogens is 566 g/mol. The topological polar surface area (TPSA) is 92.1 Å². The summed E-state index contributed by atoms with van der Waals surface area (Å²) >= 11 is 1.03. The lowest BCUT2D eigenvalue weighted by Crippen LogP contribution is -2.51. The fourth-order valence-corrected chi connectivity index (χ4v) is 8.16. The highest BCUT2D eigenvalue weighted by Crippen LogP contribution is 2.40. The number of hydrogen-bond acceptors (Lipinski definition) is 5. The first-order valence-corrected chi connectivity index (χ1v) is 15.9. The van der Waals surface area contributed by atoms with E-state index in [0.717, 1.165) is 75.5 Å². The highest BCUT2D eigenvalue weighted by molar-refractivity contribution is 7.07. The predicted molar refractivity (Wildman–Crippen MR) is 164 cm³/mol. The average Bonchev–Trinajstić information content (AvgIpc) is 3.35. The molecule has 1 atom stereocenters. The predicted octanol–water partition coefficient (Wildman–Crippen LogP) is 5.11. The highest BCUT2D eigenvalue weighted by atomic mass is 32.1. The Balaban J connectivity index is 1.65. The largest absolute Gasteiger partial charge is 0.384 e. The number of benzene rings is 2. The summed E-state index contributed by atoms with van der Waals surface area (Å²) in [6, 6.07) is 14.4. The molecule has 9 heteroatoms. The number of amides is 1. The van der Waals surface area contributed by atoms with Gasteiger partial charge in [-0.2, -0.15) is 5.26 Å². The van der Waals surface area contributed by atoms with Crippen LogP contribution in [0.5, 0.6) is 0 Å². The maximum absolute atomic E-state index is 15.5. The van der Waals surface area contributed by atoms with E-state index in [1.807, 2.05) is 4.90 Å². The molecule has 43 heavy (non-hydrogen) atoms. The third-order valence-electron chi connectivity index (χ3n) is 9.08. The summed E-state index contributed by atoms with van der Waals surface area (Å²) in [5, 5.41) is 10.4. The Hall–Kier alpha value is -4.03. The third kappa shape index (κ3) is 5.33. The van der Waals surface area contributed by atoms with Crippen LogP contribution in [-0.2, 0) is 4.79 Å². The van der Waals surface area contributed by atoms with Gasteiger partial charge in [0.1, 0.15) is 22.1 Å². The van der Waals surface area contributed by atoms with Gasteiger partial charge in [-0.05, 0) is 43.9 Å². The van der Waals surface area contributed by atoms with E-state index in [4.69, 9.17) is 5.73 Å². The van der Waals surface area contributed by atoms with E-state index < -0.39 is 23.1 Å². The molecule has 6 nitrogen and oxygen atoms in total. The van der Waals surface area contributed by atoms with Crippen molar-refractivity contribution in [3.05, 3.63) is 96.4 Å². The van der Waals surface area contributed by atoms with Gasteiger partial charge in [0, 0.05) is 23.2 Å². The van der Waals surface area contributed by atoms with Crippen molar-refractivity contribution in [1.82, 2.24) is 9.47 Å². The second-order valence-electron chi connectivity index (χ2n) is 11.7. The standard InChI is InChI=1S/C34H34F2N4O2S/c35-26-17-9-7-11-21(26)19-28-32(41)40-31(38)25(20-37)29(24-16-8-10-18-27(24)36)30(34(40)43-28)33(42)39(22-12-3-1-4-13-22)23-14-5-2-6-15-23/h7-11,16-19,22-23,29H,1-6,12-15,38H2/b28-19+. The number of thiazole rings is 1. The molecule has 222 valence electrons. The fraction of sp³-hybridized carbons (Fsp3) is 0.382. The molecule has 2 fully saturated rings. The van der Waals surface area contributed by atoms with Crippen LogP contribution in [0, 0.1) is 23.0 Å². The summed E-state index contributed by atoms with van der Waals surface area (Å²) in [7, 11) is 0. The summed E-state index contributed by atoms with van der Waals surface area (Å²) in [5.41, 5.74) is 6.47. The van der Waals surface area contributed by atoms with Crippen molar-refractivity contribution in [1.29, 1.82) is 5.26 Å². The summed E-state index contributed by atoms with van der Waals surface area (Å²) in [4.78, 5) is 30.9. The number of hydrogen-bond donors (Lipinski definition) is 1. The Kier molecular flexibility index (Phi) is 8.31. The number of halogens is 2. The fourth-order valence-electron chi connectivity index (χ4n) is 7.00. The molecule has 2 aliphatic carbocycles. The molecule has 1 aromatic heterocycles. The zero-order valence-electron chi connectivity index (χ0n) is 23.9. The van der Waals surface area contributed by atoms with Crippen molar-refractivity contribution < 1.29 is 13.6 Å². The van der Waals surface area contributed by atoms with E-state index in [9.17, 15) is 14.4 Å². The van der Waals surface area contributed by atoms with Gasteiger partial charge in [-0.1, -0.05) is 74.9 Å². The summed E-state index contributed by atoms with van der Waals surface area (Å²) in [6.45, 7) is 0. The maximum Gasteiger partial charge on any atom is 0.274 e. The molecule has 1 aliphatic heterocycles. The first-order valence-electron chi connectivity index (χ1n) is 15.1. The normalized spacial score (nSPS) is 20.2. The van der Waals surface area contributed by atoms with Gasteiger partial charge in [0.15, 0.2) is 0 Å². The van der Waals surface area contributed by atoms with Crippen LogP contribution in [0.3, 0.4) is 0 Å². The Morgan fingerprint density at radius 3 is 2.09 bits per heavy atom. The van der Waals surface area contributed by atoms with Gasteiger partial charge < -0.3 is 10.6 Å². The first kappa shape index (κ1) is 29.1. The van der Waals surface area contributed by atoms with E-state index >= 15 is 9.18 Å². The van der Waals surface area contributed by atoms with Crippen LogP contribution < -0.4 is 20.5 Å². The van der Waals surface area contributed by atoms with Crippen molar-refractivity contribution in [3.8, 4) is 6.07 Å². The van der Waals surface area contributed by atoms with Crippen LogP contribution in [0.1, 0.15) is 81.3 Å². The minimum Gasteiger partial charge on any atom is -0.384 e. The van der Waals surface area contributed by atoms with Crippen LogP contribution in [0.15, 0.2) is 58.9 Å². The SMILES string of the molecule is N#CC1=C(N)n2c(s/c(=C/c3ccccc3F)c2=O)=C(C(=O)N(C2CCCCC2)C2CCCCC2)C1c1ccccc1F. The van der Waals surface area contributed by atoms with Gasteiger partial charge in [-0.3, -0.25) is 14.2 Å². The molecule has 6 rings (SSSR count). The number of nitrogens with zero attached hydrogens (tertiary/aromatic N) is 3. The van der Waals surface area contributed by atoms with Crippen molar-refractivity contribution in [3.63, 3.8) is 0 Å². The van der Waals surface area contributed by atoms with Crippen molar-refractivity contribution >= 4 is 34.7 Å². The first-order chi connectivity index (χ1) is 20.9. The number of fused-ring (bicyclic) bond motifs is 1. The van der Waals surface area contributed by atoms with Gasteiger partial charge >= 0.3 is 0 Å². The average molecular weight is 601 g/mol. The summed E-state index contributed by atoms with van der Waals surface area (Å²) < 4.78 is 31.8. The van der Waals surface area contributed by atoms with Crippen LogP contribution in [-0.4, -0.2) is 27.5 Å².